The highest BCUT2D eigenvalue weighted by Crippen LogP contribution is 2.45. The molecule has 1 saturated heterocycles. The lowest BCUT2D eigenvalue weighted by atomic mass is 9.63. The van der Waals surface area contributed by atoms with Crippen molar-refractivity contribution in [2.45, 2.75) is 66.0 Å². The van der Waals surface area contributed by atoms with Crippen LogP contribution in [0.4, 0.5) is 0 Å². The maximum absolute atomic E-state index is 12.6. The lowest BCUT2D eigenvalue weighted by molar-refractivity contribution is -0.127. The predicted octanol–water partition coefficient (Wildman–Crippen LogP) is 2.00. The Kier molecular flexibility index (Phi) is 4.99. The summed E-state index contributed by atoms with van der Waals surface area (Å²) in [6.45, 7) is 15.3. The van der Waals surface area contributed by atoms with Crippen LogP contribution in [-0.2, 0) is 4.79 Å². The minimum atomic E-state index is -0.0137. The Morgan fingerprint density at radius 3 is 2.19 bits per heavy atom. The van der Waals surface area contributed by atoms with Gasteiger partial charge in [0.1, 0.15) is 0 Å². The van der Waals surface area contributed by atoms with Crippen LogP contribution in [0.2, 0.25) is 0 Å². The number of rotatable bonds is 3. The van der Waals surface area contributed by atoms with Crippen LogP contribution in [0.5, 0.6) is 0 Å². The zero-order chi connectivity index (χ0) is 15.7. The summed E-state index contributed by atoms with van der Waals surface area (Å²) in [6.07, 6.45) is 3.42. The second-order valence-electron chi connectivity index (χ2n) is 8.58. The molecule has 0 aromatic heterocycles. The molecule has 122 valence electrons. The van der Waals surface area contributed by atoms with E-state index in [4.69, 9.17) is 0 Å². The fourth-order valence-electron chi connectivity index (χ4n) is 4.51. The Bertz CT molecular complexity index is 356. The maximum Gasteiger partial charge on any atom is 0.237 e. The maximum atomic E-state index is 12.6. The van der Waals surface area contributed by atoms with Gasteiger partial charge >= 0.3 is 0 Å². The van der Waals surface area contributed by atoms with Crippen molar-refractivity contribution in [2.24, 2.45) is 10.8 Å². The quantitative estimate of drug-likeness (QED) is 0.837. The molecule has 1 atom stereocenters. The number of amides is 1. The van der Waals surface area contributed by atoms with E-state index in [2.05, 4.69) is 43.2 Å². The number of nitrogens with zero attached hydrogens (tertiary/aromatic N) is 1. The number of hydrogen-bond donors (Lipinski definition) is 2. The van der Waals surface area contributed by atoms with Crippen molar-refractivity contribution >= 4 is 5.91 Å². The first-order valence-corrected chi connectivity index (χ1v) is 8.44. The van der Waals surface area contributed by atoms with Gasteiger partial charge in [-0.05, 0) is 37.0 Å². The lowest BCUT2D eigenvalue weighted by Gasteiger charge is -2.45. The molecular weight excluding hydrogens is 262 g/mol. The van der Waals surface area contributed by atoms with Gasteiger partial charge in [-0.1, -0.05) is 27.7 Å². The molecule has 4 heteroatoms. The summed E-state index contributed by atoms with van der Waals surface area (Å²) in [6, 6.07) is 0.307. The van der Waals surface area contributed by atoms with Crippen molar-refractivity contribution in [3.05, 3.63) is 0 Å². The molecule has 0 bridgehead atoms. The first kappa shape index (κ1) is 16.8. The molecule has 2 aliphatic rings. The standard InChI is InChI=1S/C17H33N3O/c1-13(20-8-6-18-7-9-20)15(21)19-14-10-16(2,3)12-17(4,5)11-14/h13-14,18H,6-12H2,1-5H3,(H,19,21). The molecule has 1 unspecified atom stereocenters. The molecule has 2 rings (SSSR count). The molecule has 0 spiro atoms. The third-order valence-corrected chi connectivity index (χ3v) is 4.98. The van der Waals surface area contributed by atoms with Crippen molar-refractivity contribution < 1.29 is 4.79 Å². The van der Waals surface area contributed by atoms with Gasteiger partial charge < -0.3 is 10.6 Å². The molecule has 21 heavy (non-hydrogen) atoms. The molecule has 2 fully saturated rings. The van der Waals surface area contributed by atoms with Crippen molar-refractivity contribution in [1.29, 1.82) is 0 Å². The van der Waals surface area contributed by atoms with Gasteiger partial charge in [0.05, 0.1) is 6.04 Å². The van der Waals surface area contributed by atoms with E-state index in [1.54, 1.807) is 0 Å². The van der Waals surface area contributed by atoms with E-state index in [0.29, 0.717) is 16.9 Å². The highest BCUT2D eigenvalue weighted by Gasteiger charge is 2.39. The van der Waals surface area contributed by atoms with E-state index in [1.165, 1.54) is 6.42 Å². The smallest absolute Gasteiger partial charge is 0.237 e. The summed E-state index contributed by atoms with van der Waals surface area (Å²) in [5.41, 5.74) is 0.635. The minimum Gasteiger partial charge on any atom is -0.352 e. The molecule has 1 aliphatic heterocycles. The number of carbonyl (C=O) groups excluding carboxylic acids is 1. The van der Waals surface area contributed by atoms with Gasteiger partial charge in [-0.3, -0.25) is 9.69 Å². The highest BCUT2D eigenvalue weighted by atomic mass is 16.2. The average Bonchev–Trinajstić information content (AvgIpc) is 2.35. The molecule has 1 saturated carbocycles. The molecule has 1 heterocycles. The van der Waals surface area contributed by atoms with Crippen LogP contribution in [0.1, 0.15) is 53.9 Å². The largest absolute Gasteiger partial charge is 0.352 e. The number of carbonyl (C=O) groups is 1. The van der Waals surface area contributed by atoms with Gasteiger partial charge in [-0.25, -0.2) is 0 Å². The fraction of sp³-hybridized carbons (Fsp3) is 0.941. The Labute approximate surface area is 130 Å². The van der Waals surface area contributed by atoms with E-state index in [9.17, 15) is 4.79 Å². The summed E-state index contributed by atoms with van der Waals surface area (Å²) in [4.78, 5) is 14.8. The van der Waals surface area contributed by atoms with Crippen LogP contribution < -0.4 is 10.6 Å². The summed E-state index contributed by atoms with van der Waals surface area (Å²) in [7, 11) is 0. The van der Waals surface area contributed by atoms with Crippen molar-refractivity contribution in [2.75, 3.05) is 26.2 Å². The molecular formula is C17H33N3O. The highest BCUT2D eigenvalue weighted by molar-refractivity contribution is 5.81. The summed E-state index contributed by atoms with van der Waals surface area (Å²) >= 11 is 0. The van der Waals surface area contributed by atoms with E-state index < -0.39 is 0 Å². The summed E-state index contributed by atoms with van der Waals surface area (Å²) in [5.74, 6) is 0.204. The van der Waals surface area contributed by atoms with Gasteiger partial charge in [0.2, 0.25) is 5.91 Å². The summed E-state index contributed by atoms with van der Waals surface area (Å²) < 4.78 is 0. The van der Waals surface area contributed by atoms with Crippen LogP contribution in [0.25, 0.3) is 0 Å². The topological polar surface area (TPSA) is 44.4 Å². The summed E-state index contributed by atoms with van der Waals surface area (Å²) in [5, 5.41) is 6.66. The van der Waals surface area contributed by atoms with Crippen LogP contribution in [0.3, 0.4) is 0 Å². The normalized spacial score (nSPS) is 28.0. The molecule has 4 nitrogen and oxygen atoms in total. The Hall–Kier alpha value is -0.610. The van der Waals surface area contributed by atoms with E-state index in [-0.39, 0.29) is 11.9 Å². The van der Waals surface area contributed by atoms with Crippen LogP contribution >= 0.6 is 0 Å². The molecule has 1 amide bonds. The fourth-order valence-corrected chi connectivity index (χ4v) is 4.51. The van der Waals surface area contributed by atoms with Gasteiger partial charge in [0, 0.05) is 32.2 Å². The van der Waals surface area contributed by atoms with Crippen molar-refractivity contribution in [3.63, 3.8) is 0 Å². The van der Waals surface area contributed by atoms with E-state index in [0.717, 1.165) is 39.0 Å². The average molecular weight is 295 g/mol. The monoisotopic (exact) mass is 295 g/mol. The van der Waals surface area contributed by atoms with Crippen molar-refractivity contribution in [1.82, 2.24) is 15.5 Å². The Morgan fingerprint density at radius 2 is 1.67 bits per heavy atom. The molecule has 0 aromatic rings. The third kappa shape index (κ3) is 4.68. The van der Waals surface area contributed by atoms with E-state index >= 15 is 0 Å². The Morgan fingerprint density at radius 1 is 1.14 bits per heavy atom. The molecule has 1 aliphatic carbocycles. The van der Waals surface area contributed by atoms with Crippen LogP contribution in [0, 0.1) is 10.8 Å². The molecule has 0 aromatic carbocycles. The third-order valence-electron chi connectivity index (χ3n) is 4.98. The van der Waals surface area contributed by atoms with Gasteiger partial charge in [0.15, 0.2) is 0 Å². The number of piperazine rings is 1. The molecule has 0 radical (unpaired) electrons. The second kappa shape index (κ2) is 6.25. The predicted molar refractivity (Wildman–Crippen MR) is 87.2 cm³/mol. The SMILES string of the molecule is CC(C(=O)NC1CC(C)(C)CC(C)(C)C1)N1CCNCC1. The first-order valence-electron chi connectivity index (χ1n) is 8.44. The zero-order valence-corrected chi connectivity index (χ0v) is 14.5. The lowest BCUT2D eigenvalue weighted by Crippen LogP contribution is -2.55. The number of hydrogen-bond acceptors (Lipinski definition) is 3. The van der Waals surface area contributed by atoms with E-state index in [1.807, 2.05) is 6.92 Å². The first-order chi connectivity index (χ1) is 9.69. The van der Waals surface area contributed by atoms with Crippen molar-refractivity contribution in [3.8, 4) is 0 Å². The van der Waals surface area contributed by atoms with Gasteiger partial charge in [-0.15, -0.1) is 0 Å². The number of nitrogens with one attached hydrogen (secondary N) is 2. The Balaban J connectivity index is 1.92. The van der Waals surface area contributed by atoms with Crippen LogP contribution in [-0.4, -0.2) is 49.1 Å². The molecule has 2 N–H and O–H groups in total. The second-order valence-corrected chi connectivity index (χ2v) is 8.58. The van der Waals surface area contributed by atoms with Gasteiger partial charge in [-0.2, -0.15) is 0 Å². The minimum absolute atomic E-state index is 0.0137. The van der Waals surface area contributed by atoms with Gasteiger partial charge in [0.25, 0.3) is 0 Å². The zero-order valence-electron chi connectivity index (χ0n) is 14.5. The van der Waals surface area contributed by atoms with Crippen LogP contribution in [0.15, 0.2) is 0 Å².